The molecule has 0 aliphatic carbocycles. The zero-order valence-corrected chi connectivity index (χ0v) is 9.85. The van der Waals surface area contributed by atoms with Crippen LogP contribution in [0.3, 0.4) is 0 Å². The molecule has 1 aliphatic heterocycles. The number of alkyl halides is 1. The first kappa shape index (κ1) is 11.4. The van der Waals surface area contributed by atoms with Crippen LogP contribution in [-0.4, -0.2) is 46.9 Å². The van der Waals surface area contributed by atoms with Gasteiger partial charge in [-0.25, -0.2) is 0 Å². The number of aromatic nitrogens is 2. The van der Waals surface area contributed by atoms with Crippen molar-refractivity contribution in [2.75, 3.05) is 26.3 Å². The van der Waals surface area contributed by atoms with Crippen molar-refractivity contribution in [2.45, 2.75) is 5.38 Å². The zero-order valence-electron chi connectivity index (χ0n) is 9.10. The number of nitrogens with zero attached hydrogens (tertiary/aromatic N) is 3. The fourth-order valence-electron chi connectivity index (χ4n) is 1.66. The Bertz CT molecular complexity index is 374. The number of rotatable bonds is 2. The zero-order chi connectivity index (χ0) is 11.5. The summed E-state index contributed by atoms with van der Waals surface area (Å²) in [6, 6.07) is 0. The van der Waals surface area contributed by atoms with Crippen LogP contribution in [0.1, 0.15) is 10.9 Å². The van der Waals surface area contributed by atoms with Crippen molar-refractivity contribution in [3.8, 4) is 0 Å². The predicted octanol–water partition coefficient (Wildman–Crippen LogP) is 0.559. The summed E-state index contributed by atoms with van der Waals surface area (Å²) in [5, 5.41) is 3.36. The fraction of sp³-hybridized carbons (Fsp3) is 0.600. The van der Waals surface area contributed by atoms with Crippen molar-refractivity contribution < 1.29 is 9.53 Å². The lowest BCUT2D eigenvalue weighted by molar-refractivity contribution is -0.134. The van der Waals surface area contributed by atoms with Crippen LogP contribution in [0.15, 0.2) is 12.4 Å². The molecule has 0 bridgehead atoms. The number of carbonyl (C=O) groups is 1. The van der Waals surface area contributed by atoms with Crippen molar-refractivity contribution in [2.24, 2.45) is 7.05 Å². The van der Waals surface area contributed by atoms with E-state index in [2.05, 4.69) is 5.10 Å². The van der Waals surface area contributed by atoms with Gasteiger partial charge in [0.1, 0.15) is 5.38 Å². The summed E-state index contributed by atoms with van der Waals surface area (Å²) >= 11 is 6.12. The van der Waals surface area contributed by atoms with Crippen molar-refractivity contribution in [3.05, 3.63) is 18.0 Å². The molecule has 1 atom stereocenters. The fourth-order valence-corrected chi connectivity index (χ4v) is 1.91. The highest BCUT2D eigenvalue weighted by Crippen LogP contribution is 2.22. The smallest absolute Gasteiger partial charge is 0.245 e. The summed E-state index contributed by atoms with van der Waals surface area (Å²) in [4.78, 5) is 13.7. The number of aryl methyl sites for hydroxylation is 1. The third kappa shape index (κ3) is 2.36. The van der Waals surface area contributed by atoms with Gasteiger partial charge in [0.05, 0.1) is 19.4 Å². The van der Waals surface area contributed by atoms with E-state index in [1.54, 1.807) is 29.0 Å². The van der Waals surface area contributed by atoms with E-state index < -0.39 is 5.38 Å². The molecule has 1 aliphatic rings. The molecule has 1 aromatic rings. The molecule has 2 rings (SSSR count). The van der Waals surface area contributed by atoms with Gasteiger partial charge in [0.2, 0.25) is 5.91 Å². The maximum absolute atomic E-state index is 12.0. The molecule has 1 aromatic heterocycles. The molecule has 5 nitrogen and oxygen atoms in total. The van der Waals surface area contributed by atoms with Gasteiger partial charge in [0.15, 0.2) is 0 Å². The second-order valence-corrected chi connectivity index (χ2v) is 4.18. The van der Waals surface area contributed by atoms with Crippen molar-refractivity contribution in [1.82, 2.24) is 14.7 Å². The lowest BCUT2D eigenvalue weighted by atomic mass is 10.2. The monoisotopic (exact) mass is 243 g/mol. The van der Waals surface area contributed by atoms with Crippen LogP contribution < -0.4 is 0 Å². The van der Waals surface area contributed by atoms with Crippen molar-refractivity contribution >= 4 is 17.5 Å². The summed E-state index contributed by atoms with van der Waals surface area (Å²) < 4.78 is 6.82. The average molecular weight is 244 g/mol. The number of hydrogen-bond acceptors (Lipinski definition) is 3. The van der Waals surface area contributed by atoms with Crippen LogP contribution in [0.4, 0.5) is 0 Å². The normalized spacial score (nSPS) is 18.5. The summed E-state index contributed by atoms with van der Waals surface area (Å²) in [6.07, 6.45) is 3.38. The maximum Gasteiger partial charge on any atom is 0.245 e. The van der Waals surface area contributed by atoms with Crippen LogP contribution in [0, 0.1) is 0 Å². The number of carbonyl (C=O) groups excluding carboxylic acids is 1. The molecule has 0 N–H and O–H groups in total. The Morgan fingerprint density at radius 3 is 2.81 bits per heavy atom. The highest BCUT2D eigenvalue weighted by Gasteiger charge is 2.26. The first-order valence-electron chi connectivity index (χ1n) is 5.17. The molecular weight excluding hydrogens is 230 g/mol. The summed E-state index contributed by atoms with van der Waals surface area (Å²) in [7, 11) is 1.80. The van der Waals surface area contributed by atoms with Gasteiger partial charge in [-0.05, 0) is 0 Å². The first-order chi connectivity index (χ1) is 7.68. The van der Waals surface area contributed by atoms with Crippen molar-refractivity contribution in [1.29, 1.82) is 0 Å². The highest BCUT2D eigenvalue weighted by molar-refractivity contribution is 6.30. The van der Waals surface area contributed by atoms with Crippen LogP contribution in [0.25, 0.3) is 0 Å². The maximum atomic E-state index is 12.0. The van der Waals surface area contributed by atoms with Gasteiger partial charge in [-0.3, -0.25) is 9.48 Å². The molecule has 1 unspecified atom stereocenters. The van der Waals surface area contributed by atoms with Gasteiger partial charge in [0, 0.05) is 31.9 Å². The molecule has 2 heterocycles. The quantitative estimate of drug-likeness (QED) is 0.713. The Hall–Kier alpha value is -1.07. The van der Waals surface area contributed by atoms with Crippen LogP contribution in [0.5, 0.6) is 0 Å². The van der Waals surface area contributed by atoms with E-state index in [0.29, 0.717) is 26.3 Å². The minimum absolute atomic E-state index is 0.0713. The lowest BCUT2D eigenvalue weighted by Crippen LogP contribution is -2.42. The van der Waals surface area contributed by atoms with Gasteiger partial charge in [0.25, 0.3) is 0 Å². The molecule has 16 heavy (non-hydrogen) atoms. The molecule has 0 saturated carbocycles. The molecular formula is C10H14ClN3O2. The molecule has 0 aromatic carbocycles. The Morgan fingerprint density at radius 1 is 1.56 bits per heavy atom. The lowest BCUT2D eigenvalue weighted by Gasteiger charge is -2.28. The second-order valence-electron chi connectivity index (χ2n) is 3.75. The molecule has 1 fully saturated rings. The Morgan fingerprint density at radius 2 is 2.25 bits per heavy atom. The van der Waals surface area contributed by atoms with Crippen LogP contribution >= 0.6 is 11.6 Å². The Labute approximate surface area is 98.9 Å². The standard InChI is InChI=1S/C10H14ClN3O2/c1-13-7-8(6-12-13)9(11)10(15)14-2-4-16-5-3-14/h6-7,9H,2-5H2,1H3. The van der Waals surface area contributed by atoms with E-state index in [1.165, 1.54) is 0 Å². The molecule has 0 spiro atoms. The van der Waals surface area contributed by atoms with Gasteiger partial charge in [-0.15, -0.1) is 11.6 Å². The largest absolute Gasteiger partial charge is 0.378 e. The van der Waals surface area contributed by atoms with Gasteiger partial charge in [-0.2, -0.15) is 5.10 Å². The minimum Gasteiger partial charge on any atom is -0.378 e. The summed E-state index contributed by atoms with van der Waals surface area (Å²) in [5.41, 5.74) is 0.737. The topological polar surface area (TPSA) is 47.4 Å². The first-order valence-corrected chi connectivity index (χ1v) is 5.61. The molecule has 0 radical (unpaired) electrons. The van der Waals surface area contributed by atoms with Crippen molar-refractivity contribution in [3.63, 3.8) is 0 Å². The molecule has 1 amide bonds. The van der Waals surface area contributed by atoms with E-state index in [1.807, 2.05) is 0 Å². The number of halogens is 1. The Balaban J connectivity index is 2.03. The molecule has 6 heteroatoms. The third-order valence-corrected chi connectivity index (χ3v) is 3.00. The second kappa shape index (κ2) is 4.84. The summed E-state index contributed by atoms with van der Waals surface area (Å²) in [6.45, 7) is 2.40. The summed E-state index contributed by atoms with van der Waals surface area (Å²) in [5.74, 6) is -0.0713. The SMILES string of the molecule is Cn1cc(C(Cl)C(=O)N2CCOCC2)cn1. The molecule has 1 saturated heterocycles. The van der Waals surface area contributed by atoms with Gasteiger partial charge < -0.3 is 9.64 Å². The number of morpholine rings is 1. The van der Waals surface area contributed by atoms with Gasteiger partial charge >= 0.3 is 0 Å². The minimum atomic E-state index is -0.646. The van der Waals surface area contributed by atoms with E-state index in [0.717, 1.165) is 5.56 Å². The van der Waals surface area contributed by atoms with Crippen LogP contribution in [-0.2, 0) is 16.6 Å². The predicted molar refractivity (Wildman–Crippen MR) is 59.2 cm³/mol. The van der Waals surface area contributed by atoms with Gasteiger partial charge in [-0.1, -0.05) is 0 Å². The van der Waals surface area contributed by atoms with E-state index in [4.69, 9.17) is 16.3 Å². The van der Waals surface area contributed by atoms with E-state index >= 15 is 0 Å². The highest BCUT2D eigenvalue weighted by atomic mass is 35.5. The number of hydrogen-bond donors (Lipinski definition) is 0. The van der Waals surface area contributed by atoms with E-state index in [-0.39, 0.29) is 5.91 Å². The Kier molecular flexibility index (Phi) is 3.46. The number of amides is 1. The number of ether oxygens (including phenoxy) is 1. The van der Waals surface area contributed by atoms with E-state index in [9.17, 15) is 4.79 Å². The molecule has 88 valence electrons. The average Bonchev–Trinajstić information content (AvgIpc) is 2.75. The van der Waals surface area contributed by atoms with Crippen LogP contribution in [0.2, 0.25) is 0 Å². The third-order valence-electron chi connectivity index (χ3n) is 2.56.